The second kappa shape index (κ2) is 4.61. The average molecular weight is 297 g/mol. The molecule has 0 N–H and O–H groups in total. The Morgan fingerprint density at radius 1 is 0.783 bits per heavy atom. The molecule has 4 nitrogen and oxygen atoms in total. The number of furan rings is 1. The highest BCUT2D eigenvalue weighted by molar-refractivity contribution is 6.08. The van der Waals surface area contributed by atoms with Crippen molar-refractivity contribution in [2.24, 2.45) is 0 Å². The number of hydrogen-bond donors (Lipinski definition) is 0. The number of benzene rings is 2. The van der Waals surface area contributed by atoms with Gasteiger partial charge in [0.2, 0.25) is 0 Å². The van der Waals surface area contributed by atoms with Gasteiger partial charge in [-0.25, -0.2) is 0 Å². The van der Waals surface area contributed by atoms with Gasteiger partial charge in [0.1, 0.15) is 17.0 Å². The highest BCUT2D eigenvalue weighted by Gasteiger charge is 2.14. The summed E-state index contributed by atoms with van der Waals surface area (Å²) in [6.45, 7) is 0. The Morgan fingerprint density at radius 2 is 1.65 bits per heavy atom. The molecular formula is C19H11N3O. The second-order valence-corrected chi connectivity index (χ2v) is 5.42. The minimum atomic E-state index is 0.716. The largest absolute Gasteiger partial charge is 0.454 e. The Morgan fingerprint density at radius 3 is 2.65 bits per heavy atom. The van der Waals surface area contributed by atoms with E-state index in [9.17, 15) is 0 Å². The lowest BCUT2D eigenvalue weighted by Gasteiger charge is -2.02. The molecule has 0 aliphatic rings. The van der Waals surface area contributed by atoms with Crippen LogP contribution in [0.25, 0.3) is 44.2 Å². The van der Waals surface area contributed by atoms with Crippen molar-refractivity contribution in [1.29, 1.82) is 0 Å². The zero-order valence-corrected chi connectivity index (χ0v) is 12.1. The molecule has 0 bridgehead atoms. The summed E-state index contributed by atoms with van der Waals surface area (Å²) in [5, 5.41) is 11.8. The van der Waals surface area contributed by atoms with Gasteiger partial charge in [0.05, 0.1) is 5.52 Å². The van der Waals surface area contributed by atoms with Gasteiger partial charge in [-0.05, 0) is 24.3 Å². The fraction of sp³-hybridized carbons (Fsp3) is 0. The molecular weight excluding hydrogens is 286 g/mol. The van der Waals surface area contributed by atoms with E-state index < -0.39 is 0 Å². The Balaban J connectivity index is 1.84. The summed E-state index contributed by atoms with van der Waals surface area (Å²) in [7, 11) is 0. The fourth-order valence-electron chi connectivity index (χ4n) is 2.93. The molecule has 5 aromatic rings. The van der Waals surface area contributed by atoms with Gasteiger partial charge in [-0.15, -0.1) is 10.2 Å². The maximum absolute atomic E-state index is 6.02. The van der Waals surface area contributed by atoms with E-state index in [0.717, 1.165) is 38.5 Å². The summed E-state index contributed by atoms with van der Waals surface area (Å²) < 4.78 is 6.02. The molecule has 0 unspecified atom stereocenters. The van der Waals surface area contributed by atoms with E-state index in [4.69, 9.17) is 4.42 Å². The van der Waals surface area contributed by atoms with E-state index in [1.807, 2.05) is 54.6 Å². The Hall–Kier alpha value is -3.27. The van der Waals surface area contributed by atoms with Gasteiger partial charge in [0.15, 0.2) is 5.58 Å². The van der Waals surface area contributed by atoms with Gasteiger partial charge < -0.3 is 4.42 Å². The Kier molecular flexibility index (Phi) is 2.46. The molecule has 0 saturated carbocycles. The maximum Gasteiger partial charge on any atom is 0.163 e. The third-order valence-electron chi connectivity index (χ3n) is 4.03. The highest BCUT2D eigenvalue weighted by Crippen LogP contribution is 2.33. The van der Waals surface area contributed by atoms with Crippen molar-refractivity contribution in [3.63, 3.8) is 0 Å². The van der Waals surface area contributed by atoms with E-state index in [0.29, 0.717) is 5.69 Å². The molecule has 4 heteroatoms. The van der Waals surface area contributed by atoms with Gasteiger partial charge in [-0.2, -0.15) is 0 Å². The van der Waals surface area contributed by atoms with Crippen LogP contribution in [0, 0.1) is 0 Å². The molecule has 0 fully saturated rings. The van der Waals surface area contributed by atoms with Crippen molar-refractivity contribution < 1.29 is 4.42 Å². The van der Waals surface area contributed by atoms with Crippen LogP contribution in [0.5, 0.6) is 0 Å². The smallest absolute Gasteiger partial charge is 0.163 e. The third-order valence-corrected chi connectivity index (χ3v) is 4.03. The molecule has 0 radical (unpaired) electrons. The van der Waals surface area contributed by atoms with Gasteiger partial charge in [0.25, 0.3) is 0 Å². The molecule has 108 valence electrons. The number of nitrogens with zero attached hydrogens (tertiary/aromatic N) is 3. The zero-order valence-electron chi connectivity index (χ0n) is 12.1. The van der Waals surface area contributed by atoms with E-state index in [1.54, 1.807) is 6.20 Å². The normalized spacial score (nSPS) is 11.5. The molecule has 0 spiro atoms. The topological polar surface area (TPSA) is 51.8 Å². The van der Waals surface area contributed by atoms with Crippen LogP contribution < -0.4 is 0 Å². The highest BCUT2D eigenvalue weighted by atomic mass is 16.3. The van der Waals surface area contributed by atoms with Crippen LogP contribution in [0.1, 0.15) is 0 Å². The zero-order chi connectivity index (χ0) is 15.2. The minimum Gasteiger partial charge on any atom is -0.454 e. The number of pyridine rings is 1. The van der Waals surface area contributed by atoms with Crippen LogP contribution >= 0.6 is 0 Å². The standard InChI is InChI=1S/C19H11N3O/c1-3-7-15-12(5-1)11-16(22-21-15)18-19-14(9-10-20-18)13-6-2-4-8-17(13)23-19/h1-11H. The minimum absolute atomic E-state index is 0.716. The first-order valence-corrected chi connectivity index (χ1v) is 7.39. The Bertz CT molecular complexity index is 1180. The monoisotopic (exact) mass is 297 g/mol. The van der Waals surface area contributed by atoms with Gasteiger partial charge >= 0.3 is 0 Å². The first-order valence-electron chi connectivity index (χ1n) is 7.39. The molecule has 3 heterocycles. The molecule has 0 saturated heterocycles. The lowest BCUT2D eigenvalue weighted by Crippen LogP contribution is -1.91. The summed E-state index contributed by atoms with van der Waals surface area (Å²) >= 11 is 0. The number of hydrogen-bond acceptors (Lipinski definition) is 4. The van der Waals surface area contributed by atoms with Crippen molar-refractivity contribution in [3.8, 4) is 11.4 Å². The third kappa shape index (κ3) is 1.82. The first-order chi connectivity index (χ1) is 11.4. The van der Waals surface area contributed by atoms with Crippen LogP contribution in [0.15, 0.2) is 71.3 Å². The molecule has 0 atom stereocenters. The van der Waals surface area contributed by atoms with Gasteiger partial charge in [-0.1, -0.05) is 36.4 Å². The lowest BCUT2D eigenvalue weighted by atomic mass is 10.1. The van der Waals surface area contributed by atoms with Gasteiger partial charge in [-0.3, -0.25) is 4.98 Å². The Labute approximate surface area is 131 Å². The quantitative estimate of drug-likeness (QED) is 0.454. The molecule has 3 aromatic heterocycles. The fourth-order valence-corrected chi connectivity index (χ4v) is 2.93. The van der Waals surface area contributed by atoms with Crippen LogP contribution in [0.4, 0.5) is 0 Å². The molecule has 2 aromatic carbocycles. The van der Waals surface area contributed by atoms with Gasteiger partial charge in [0, 0.05) is 22.4 Å². The SMILES string of the molecule is c1ccc2nnc(-c3nccc4c3oc3ccccc34)cc2c1. The summed E-state index contributed by atoms with van der Waals surface area (Å²) in [5.41, 5.74) is 3.90. The van der Waals surface area contributed by atoms with E-state index >= 15 is 0 Å². The van der Waals surface area contributed by atoms with E-state index in [-0.39, 0.29) is 0 Å². The summed E-state index contributed by atoms with van der Waals surface area (Å²) in [4.78, 5) is 4.48. The first kappa shape index (κ1) is 12.3. The van der Waals surface area contributed by atoms with Crippen molar-refractivity contribution in [2.75, 3.05) is 0 Å². The molecule has 23 heavy (non-hydrogen) atoms. The maximum atomic E-state index is 6.02. The average Bonchev–Trinajstić information content (AvgIpc) is 3.00. The summed E-state index contributed by atoms with van der Waals surface area (Å²) in [5.74, 6) is 0. The van der Waals surface area contributed by atoms with Crippen molar-refractivity contribution in [1.82, 2.24) is 15.2 Å². The van der Waals surface area contributed by atoms with Crippen LogP contribution in [0.2, 0.25) is 0 Å². The van der Waals surface area contributed by atoms with E-state index in [2.05, 4.69) is 21.2 Å². The predicted molar refractivity (Wildman–Crippen MR) is 90.0 cm³/mol. The van der Waals surface area contributed by atoms with Crippen LogP contribution in [0.3, 0.4) is 0 Å². The molecule has 0 aliphatic carbocycles. The molecule has 0 amide bonds. The van der Waals surface area contributed by atoms with Crippen LogP contribution in [-0.2, 0) is 0 Å². The summed E-state index contributed by atoms with van der Waals surface area (Å²) in [6.07, 6.45) is 1.79. The van der Waals surface area contributed by atoms with Crippen molar-refractivity contribution in [2.45, 2.75) is 0 Å². The van der Waals surface area contributed by atoms with Crippen molar-refractivity contribution in [3.05, 3.63) is 66.9 Å². The van der Waals surface area contributed by atoms with Crippen molar-refractivity contribution >= 4 is 32.8 Å². The predicted octanol–water partition coefficient (Wildman–Crippen LogP) is 4.59. The molecule has 5 rings (SSSR count). The molecule has 0 aliphatic heterocycles. The number of para-hydroxylation sites is 1. The second-order valence-electron chi connectivity index (χ2n) is 5.42. The van der Waals surface area contributed by atoms with Crippen LogP contribution in [-0.4, -0.2) is 15.2 Å². The van der Waals surface area contributed by atoms with E-state index in [1.165, 1.54) is 0 Å². The number of fused-ring (bicyclic) bond motifs is 4. The summed E-state index contributed by atoms with van der Waals surface area (Å²) in [6, 6.07) is 19.9. The number of rotatable bonds is 1. The number of aromatic nitrogens is 3. The lowest BCUT2D eigenvalue weighted by molar-refractivity contribution is 0.668.